The lowest BCUT2D eigenvalue weighted by atomic mass is 9.98. The molecule has 0 radical (unpaired) electrons. The molecule has 0 saturated carbocycles. The number of benzene rings is 1. The fraction of sp³-hybridized carbons (Fsp3) is 0.500. The van der Waals surface area contributed by atoms with Crippen molar-refractivity contribution in [1.82, 2.24) is 4.31 Å². The Morgan fingerprint density at radius 3 is 2.50 bits per heavy atom. The number of alkyl halides is 3. The van der Waals surface area contributed by atoms with E-state index in [1.54, 1.807) is 12.1 Å². The van der Waals surface area contributed by atoms with Gasteiger partial charge in [-0.3, -0.25) is 0 Å². The van der Waals surface area contributed by atoms with Crippen molar-refractivity contribution in [3.63, 3.8) is 0 Å². The van der Waals surface area contributed by atoms with Crippen LogP contribution in [-0.2, 0) is 10.0 Å². The molecule has 132 valence electrons. The molecule has 0 atom stereocenters. The second-order valence-electron chi connectivity index (χ2n) is 5.48. The highest BCUT2D eigenvalue weighted by Gasteiger charge is 2.50. The van der Waals surface area contributed by atoms with Crippen LogP contribution in [0.15, 0.2) is 18.2 Å². The summed E-state index contributed by atoms with van der Waals surface area (Å²) in [5.74, 6) is 0.0203. The SMILES string of the molecule is N#Cc1cc(Cl)ccc1NCC1CCN(S(=O)(=O)C(F)(F)F)CC1. The lowest BCUT2D eigenvalue weighted by molar-refractivity contribution is -0.0496. The Morgan fingerprint density at radius 1 is 1.33 bits per heavy atom. The van der Waals surface area contributed by atoms with Crippen LogP contribution in [0.5, 0.6) is 0 Å². The first kappa shape index (κ1) is 18.8. The molecule has 0 bridgehead atoms. The zero-order valence-electron chi connectivity index (χ0n) is 12.5. The summed E-state index contributed by atoms with van der Waals surface area (Å²) in [6, 6.07) is 6.81. The quantitative estimate of drug-likeness (QED) is 0.869. The predicted molar refractivity (Wildman–Crippen MR) is 83.9 cm³/mol. The minimum atomic E-state index is -5.26. The minimum absolute atomic E-state index is 0.0203. The first-order chi connectivity index (χ1) is 11.1. The number of hydrogen-bond donors (Lipinski definition) is 1. The van der Waals surface area contributed by atoms with Gasteiger partial charge in [-0.1, -0.05) is 11.6 Å². The normalized spacial score (nSPS) is 17.5. The van der Waals surface area contributed by atoms with E-state index < -0.39 is 15.5 Å². The highest BCUT2D eigenvalue weighted by molar-refractivity contribution is 7.90. The summed E-state index contributed by atoms with van der Waals surface area (Å²) in [4.78, 5) is 0. The maximum Gasteiger partial charge on any atom is 0.511 e. The highest BCUT2D eigenvalue weighted by atomic mass is 35.5. The molecule has 1 aromatic rings. The minimum Gasteiger partial charge on any atom is -0.384 e. The number of halogens is 4. The zero-order chi connectivity index (χ0) is 18.0. The van der Waals surface area contributed by atoms with Gasteiger partial charge in [-0.05, 0) is 37.0 Å². The molecular weight excluding hydrogens is 367 g/mol. The molecule has 24 heavy (non-hydrogen) atoms. The predicted octanol–water partition coefficient (Wildman–Crippen LogP) is 3.19. The van der Waals surface area contributed by atoms with E-state index in [0.29, 0.717) is 40.0 Å². The van der Waals surface area contributed by atoms with E-state index in [9.17, 15) is 21.6 Å². The second kappa shape index (κ2) is 7.17. The Morgan fingerprint density at radius 2 is 1.96 bits per heavy atom. The molecular formula is C14H15ClF3N3O2S. The van der Waals surface area contributed by atoms with Gasteiger partial charge in [-0.15, -0.1) is 0 Å². The summed E-state index contributed by atoms with van der Waals surface area (Å²) in [6.07, 6.45) is 0.634. The molecule has 0 aromatic heterocycles. The van der Waals surface area contributed by atoms with Crippen molar-refractivity contribution in [3.8, 4) is 6.07 Å². The number of sulfonamides is 1. The molecule has 1 aromatic carbocycles. The van der Waals surface area contributed by atoms with Crippen molar-refractivity contribution < 1.29 is 21.6 Å². The number of piperidine rings is 1. The molecule has 1 fully saturated rings. The third-order valence-corrected chi connectivity index (χ3v) is 5.75. The molecule has 2 rings (SSSR count). The van der Waals surface area contributed by atoms with Gasteiger partial charge in [0.25, 0.3) is 0 Å². The summed E-state index contributed by atoms with van der Waals surface area (Å²) >= 11 is 5.81. The van der Waals surface area contributed by atoms with Crippen LogP contribution in [0, 0.1) is 17.2 Å². The van der Waals surface area contributed by atoms with Crippen molar-refractivity contribution in [2.45, 2.75) is 18.3 Å². The van der Waals surface area contributed by atoms with E-state index >= 15 is 0 Å². The van der Waals surface area contributed by atoms with E-state index in [4.69, 9.17) is 16.9 Å². The van der Waals surface area contributed by atoms with E-state index in [1.807, 2.05) is 6.07 Å². The van der Waals surface area contributed by atoms with Gasteiger partial charge in [0.15, 0.2) is 0 Å². The van der Waals surface area contributed by atoms with Crippen molar-refractivity contribution >= 4 is 27.3 Å². The van der Waals surface area contributed by atoms with Gasteiger partial charge in [0.1, 0.15) is 6.07 Å². The van der Waals surface area contributed by atoms with Gasteiger partial charge in [-0.25, -0.2) is 8.42 Å². The van der Waals surface area contributed by atoms with E-state index in [1.165, 1.54) is 6.07 Å². The first-order valence-corrected chi connectivity index (χ1v) is 8.97. The van der Waals surface area contributed by atoms with Gasteiger partial charge in [0.2, 0.25) is 0 Å². The van der Waals surface area contributed by atoms with Crippen LogP contribution >= 0.6 is 11.6 Å². The molecule has 10 heteroatoms. The number of nitrogens with zero attached hydrogens (tertiary/aromatic N) is 2. The molecule has 1 saturated heterocycles. The molecule has 0 aliphatic carbocycles. The van der Waals surface area contributed by atoms with Crippen LogP contribution in [0.4, 0.5) is 18.9 Å². The van der Waals surface area contributed by atoms with Crippen LogP contribution in [0.2, 0.25) is 5.02 Å². The van der Waals surface area contributed by atoms with Gasteiger partial charge in [-0.2, -0.15) is 22.7 Å². The van der Waals surface area contributed by atoms with Gasteiger partial charge < -0.3 is 5.32 Å². The number of anilines is 1. The number of nitrogens with one attached hydrogen (secondary N) is 1. The van der Waals surface area contributed by atoms with E-state index in [-0.39, 0.29) is 19.0 Å². The first-order valence-electron chi connectivity index (χ1n) is 7.15. The lowest BCUT2D eigenvalue weighted by Gasteiger charge is -2.31. The van der Waals surface area contributed by atoms with Crippen molar-refractivity contribution in [2.24, 2.45) is 5.92 Å². The topological polar surface area (TPSA) is 73.2 Å². The molecule has 0 spiro atoms. The number of hydrogen-bond acceptors (Lipinski definition) is 4. The van der Waals surface area contributed by atoms with Crippen LogP contribution in [-0.4, -0.2) is 37.9 Å². The maximum atomic E-state index is 12.5. The summed E-state index contributed by atoms with van der Waals surface area (Å²) in [5.41, 5.74) is -4.30. The summed E-state index contributed by atoms with van der Waals surface area (Å²) in [7, 11) is -5.25. The monoisotopic (exact) mass is 381 g/mol. The Labute approximate surface area is 143 Å². The van der Waals surface area contributed by atoms with Gasteiger partial charge in [0, 0.05) is 24.7 Å². The largest absolute Gasteiger partial charge is 0.511 e. The van der Waals surface area contributed by atoms with Crippen LogP contribution < -0.4 is 5.32 Å². The van der Waals surface area contributed by atoms with Crippen LogP contribution in [0.3, 0.4) is 0 Å². The summed E-state index contributed by atoms with van der Waals surface area (Å²) in [6.45, 7) is 0.107. The van der Waals surface area contributed by atoms with Gasteiger partial charge in [0.05, 0.1) is 11.3 Å². The zero-order valence-corrected chi connectivity index (χ0v) is 14.0. The average molecular weight is 382 g/mol. The fourth-order valence-corrected chi connectivity index (χ4v) is 3.67. The van der Waals surface area contributed by atoms with Gasteiger partial charge >= 0.3 is 15.5 Å². The Bertz CT molecular complexity index is 739. The summed E-state index contributed by atoms with van der Waals surface area (Å²) in [5, 5.41) is 12.6. The Kier molecular flexibility index (Phi) is 5.63. The van der Waals surface area contributed by atoms with E-state index in [0.717, 1.165) is 0 Å². The molecule has 1 heterocycles. The fourth-order valence-electron chi connectivity index (χ4n) is 2.52. The van der Waals surface area contributed by atoms with Crippen molar-refractivity contribution in [2.75, 3.05) is 25.0 Å². The molecule has 1 aliphatic heterocycles. The van der Waals surface area contributed by atoms with E-state index in [2.05, 4.69) is 5.32 Å². The second-order valence-corrected chi connectivity index (χ2v) is 7.84. The summed E-state index contributed by atoms with van der Waals surface area (Å²) < 4.78 is 60.7. The smallest absolute Gasteiger partial charge is 0.384 e. The highest BCUT2D eigenvalue weighted by Crippen LogP contribution is 2.30. The molecule has 1 aliphatic rings. The van der Waals surface area contributed by atoms with Crippen molar-refractivity contribution in [1.29, 1.82) is 5.26 Å². The third-order valence-electron chi connectivity index (χ3n) is 3.89. The third kappa shape index (κ3) is 4.12. The molecule has 0 amide bonds. The Hall–Kier alpha value is -1.50. The lowest BCUT2D eigenvalue weighted by Crippen LogP contribution is -2.45. The molecule has 1 N–H and O–H groups in total. The molecule has 0 unspecified atom stereocenters. The average Bonchev–Trinajstić information content (AvgIpc) is 2.53. The van der Waals surface area contributed by atoms with Crippen molar-refractivity contribution in [3.05, 3.63) is 28.8 Å². The molecule has 5 nitrogen and oxygen atoms in total. The standard InChI is InChI=1S/C14H15ClF3N3O2S/c15-12-1-2-13(11(7-12)8-19)20-9-10-3-5-21(6-4-10)24(22,23)14(16,17)18/h1-2,7,10,20H,3-6,9H2. The Balaban J connectivity index is 1.92. The van der Waals surface area contributed by atoms with Crippen LogP contribution in [0.25, 0.3) is 0 Å². The number of nitriles is 1. The number of rotatable bonds is 4. The maximum absolute atomic E-state index is 12.5. The van der Waals surface area contributed by atoms with Crippen LogP contribution in [0.1, 0.15) is 18.4 Å².